The average molecular weight is 699 g/mol. The van der Waals surface area contributed by atoms with E-state index in [4.69, 9.17) is 12.6 Å². The Morgan fingerprint density at radius 3 is 1.94 bits per heavy atom. The van der Waals surface area contributed by atoms with Gasteiger partial charge in [-0.15, -0.1) is 22.7 Å². The number of thiophene rings is 2. The van der Waals surface area contributed by atoms with E-state index in [1.807, 2.05) is 56.9 Å². The second kappa shape index (κ2) is 16.7. The van der Waals surface area contributed by atoms with E-state index in [1.165, 1.54) is 29.5 Å². The number of anilines is 2. The van der Waals surface area contributed by atoms with E-state index in [0.29, 0.717) is 17.1 Å². The maximum Gasteiger partial charge on any atom is 0.259 e. The Morgan fingerprint density at radius 2 is 1.43 bits per heavy atom. The number of hydrogen-bond acceptors (Lipinski definition) is 7. The zero-order valence-corrected chi connectivity index (χ0v) is 29.4. The van der Waals surface area contributed by atoms with Gasteiger partial charge in [0.15, 0.2) is 0 Å². The van der Waals surface area contributed by atoms with Crippen molar-refractivity contribution in [2.45, 2.75) is 39.2 Å². The zero-order valence-electron chi connectivity index (χ0n) is 27.7. The van der Waals surface area contributed by atoms with Gasteiger partial charge in [-0.2, -0.15) is 10.2 Å². The third kappa shape index (κ3) is 9.75. The highest BCUT2D eigenvalue weighted by Gasteiger charge is 2.14. The minimum atomic E-state index is -0.529. The Hall–Kier alpha value is -4.59. The summed E-state index contributed by atoms with van der Waals surface area (Å²) in [5, 5.41) is 16.3. The predicted octanol–water partition coefficient (Wildman–Crippen LogP) is 8.35. The predicted molar refractivity (Wildman–Crippen MR) is 195 cm³/mol. The molecule has 0 aliphatic carbocycles. The van der Waals surface area contributed by atoms with Gasteiger partial charge in [-0.1, -0.05) is 30.3 Å². The minimum absolute atomic E-state index is 0.0360. The van der Waals surface area contributed by atoms with Gasteiger partial charge in [0.2, 0.25) is 0 Å². The molecule has 2 N–H and O–H groups in total. The first-order chi connectivity index (χ1) is 23.6. The number of nitrogens with one attached hydrogen (secondary N) is 2. The summed E-state index contributed by atoms with van der Waals surface area (Å²) < 4.78 is 35.8. The van der Waals surface area contributed by atoms with Crippen LogP contribution in [-0.2, 0) is 25.4 Å². The summed E-state index contributed by atoms with van der Waals surface area (Å²) in [5.74, 6) is -1.16. The van der Waals surface area contributed by atoms with Gasteiger partial charge in [0.05, 0.1) is 48.1 Å². The zero-order chi connectivity index (χ0) is 34.9. The average Bonchev–Trinajstić information content (AvgIpc) is 3.92. The standard InChI is InChI=1S/C16H14FN3OS.C16H16FN3S.C4H7BO/c1-10-9-13(20(2)19-10)14-7-8-15(22-14)18-16(21)11-5-3-4-6-12(11)17;1-11-9-14(20(2)19-11)15-7-8-16(21-15)18-10-12-5-3-4-6-13(12)17;5-4-2-1-3-6-4/h3-9H,1-2H3,(H,18,21);3-9,18H,10H2,1-2H3;4H,1-3H2. The van der Waals surface area contributed by atoms with Crippen LogP contribution in [0.2, 0.25) is 0 Å². The van der Waals surface area contributed by atoms with Crippen molar-refractivity contribution in [3.63, 3.8) is 0 Å². The molecule has 13 heteroatoms. The van der Waals surface area contributed by atoms with Crippen LogP contribution in [0.3, 0.4) is 0 Å². The molecule has 1 amide bonds. The Kier molecular flexibility index (Phi) is 12.2. The van der Waals surface area contributed by atoms with Crippen LogP contribution in [0.15, 0.2) is 84.9 Å². The Balaban J connectivity index is 0.000000163. The molecule has 2 radical (unpaired) electrons. The second-order valence-electron chi connectivity index (χ2n) is 11.3. The number of benzene rings is 2. The van der Waals surface area contributed by atoms with Crippen molar-refractivity contribution in [2.75, 3.05) is 17.2 Å². The van der Waals surface area contributed by atoms with E-state index in [-0.39, 0.29) is 17.4 Å². The summed E-state index contributed by atoms with van der Waals surface area (Å²) in [6.45, 7) is 5.25. The molecular formula is C36H37BF2N6O2S2. The van der Waals surface area contributed by atoms with Crippen molar-refractivity contribution in [3.8, 4) is 21.1 Å². The number of halogens is 2. The molecule has 0 bridgehead atoms. The van der Waals surface area contributed by atoms with E-state index in [2.05, 4.69) is 33.0 Å². The molecule has 1 atom stereocenters. The summed E-state index contributed by atoms with van der Waals surface area (Å²) >= 11 is 3.07. The van der Waals surface area contributed by atoms with E-state index >= 15 is 0 Å². The van der Waals surface area contributed by atoms with Crippen LogP contribution in [0.1, 0.15) is 40.2 Å². The SMILES string of the molecule is Cc1cc(-c2ccc(NC(=O)c3ccccc3F)s2)n(C)n1.Cc1cc(-c2ccc(NCc3ccccc3F)s2)n(C)n1.[B]C1CCCO1. The minimum Gasteiger partial charge on any atom is -0.388 e. The molecular weight excluding hydrogens is 661 g/mol. The lowest BCUT2D eigenvalue weighted by Crippen LogP contribution is -2.12. The number of hydrogen-bond donors (Lipinski definition) is 2. The molecule has 2 aromatic carbocycles. The lowest BCUT2D eigenvalue weighted by molar-refractivity contribution is 0.102. The smallest absolute Gasteiger partial charge is 0.259 e. The third-order valence-corrected chi connectivity index (χ3v) is 9.54. The second-order valence-corrected chi connectivity index (χ2v) is 13.5. The van der Waals surface area contributed by atoms with Crippen LogP contribution in [-0.4, -0.2) is 45.9 Å². The van der Waals surface area contributed by atoms with Crippen molar-refractivity contribution in [3.05, 3.63) is 119 Å². The fourth-order valence-electron chi connectivity index (χ4n) is 5.05. The van der Waals surface area contributed by atoms with Crippen LogP contribution in [0.4, 0.5) is 18.8 Å². The highest BCUT2D eigenvalue weighted by molar-refractivity contribution is 7.19. The molecule has 5 heterocycles. The van der Waals surface area contributed by atoms with Gasteiger partial charge in [-0.05, 0) is 81.3 Å². The largest absolute Gasteiger partial charge is 0.388 e. The van der Waals surface area contributed by atoms with Crippen LogP contribution in [0.25, 0.3) is 21.1 Å². The number of ether oxygens (including phenoxy) is 1. The quantitative estimate of drug-likeness (QED) is 0.164. The number of carbonyl (C=O) groups excluding carboxylic acids is 1. The molecule has 7 rings (SSSR count). The Bertz CT molecular complexity index is 2000. The topological polar surface area (TPSA) is 86.0 Å². The maximum absolute atomic E-state index is 13.6. The molecule has 252 valence electrons. The van der Waals surface area contributed by atoms with Crippen molar-refractivity contribution in [2.24, 2.45) is 14.1 Å². The maximum atomic E-state index is 13.6. The molecule has 49 heavy (non-hydrogen) atoms. The molecule has 4 aromatic heterocycles. The van der Waals surface area contributed by atoms with Crippen molar-refractivity contribution in [1.29, 1.82) is 0 Å². The molecule has 0 spiro atoms. The fourth-order valence-corrected chi connectivity index (χ4v) is 6.94. The van der Waals surface area contributed by atoms with Gasteiger partial charge in [0.25, 0.3) is 5.91 Å². The highest BCUT2D eigenvalue weighted by atomic mass is 32.1. The summed E-state index contributed by atoms with van der Waals surface area (Å²) in [6.07, 6.45) is 2.18. The van der Waals surface area contributed by atoms with Gasteiger partial charge in [0, 0.05) is 38.8 Å². The first-order valence-electron chi connectivity index (χ1n) is 15.7. The van der Waals surface area contributed by atoms with Gasteiger partial charge < -0.3 is 15.4 Å². The highest BCUT2D eigenvalue weighted by Crippen LogP contribution is 2.33. The van der Waals surface area contributed by atoms with Crippen molar-refractivity contribution in [1.82, 2.24) is 19.6 Å². The lowest BCUT2D eigenvalue weighted by atomic mass is 9.98. The van der Waals surface area contributed by atoms with E-state index in [1.54, 1.807) is 46.4 Å². The molecule has 1 aliphatic heterocycles. The lowest BCUT2D eigenvalue weighted by Gasteiger charge is -2.04. The van der Waals surface area contributed by atoms with Gasteiger partial charge in [-0.3, -0.25) is 14.2 Å². The number of aryl methyl sites for hydroxylation is 4. The third-order valence-electron chi connectivity index (χ3n) is 7.45. The summed E-state index contributed by atoms with van der Waals surface area (Å²) in [5.41, 5.74) is 4.72. The molecule has 6 aromatic rings. The van der Waals surface area contributed by atoms with Gasteiger partial charge in [-0.25, -0.2) is 8.78 Å². The fraction of sp³-hybridized carbons (Fsp3) is 0.250. The number of aromatic nitrogens is 4. The molecule has 1 saturated heterocycles. The molecule has 0 saturated carbocycles. The van der Waals surface area contributed by atoms with E-state index in [9.17, 15) is 13.6 Å². The van der Waals surface area contributed by atoms with Crippen LogP contribution in [0, 0.1) is 25.5 Å². The van der Waals surface area contributed by atoms with E-state index in [0.717, 1.165) is 57.0 Å². The molecule has 1 aliphatic rings. The molecule has 8 nitrogen and oxygen atoms in total. The van der Waals surface area contributed by atoms with Gasteiger partial charge >= 0.3 is 0 Å². The number of carbonyl (C=O) groups is 1. The number of amides is 1. The molecule has 1 fully saturated rings. The van der Waals surface area contributed by atoms with Crippen LogP contribution in [0.5, 0.6) is 0 Å². The number of rotatable bonds is 7. The van der Waals surface area contributed by atoms with E-state index < -0.39 is 11.7 Å². The summed E-state index contributed by atoms with van der Waals surface area (Å²) in [7, 11) is 9.13. The Morgan fingerprint density at radius 1 is 0.857 bits per heavy atom. The van der Waals surface area contributed by atoms with Gasteiger partial charge in [0.1, 0.15) is 19.5 Å². The molecule has 1 unspecified atom stereocenters. The number of nitrogens with zero attached hydrogens (tertiary/aromatic N) is 4. The Labute approximate surface area is 294 Å². The van der Waals surface area contributed by atoms with Crippen LogP contribution < -0.4 is 10.6 Å². The summed E-state index contributed by atoms with van der Waals surface area (Å²) in [4.78, 5) is 14.2. The van der Waals surface area contributed by atoms with Crippen LogP contribution >= 0.6 is 22.7 Å². The first-order valence-corrected chi connectivity index (χ1v) is 17.3. The van der Waals surface area contributed by atoms with Crippen molar-refractivity contribution >= 4 is 46.4 Å². The monoisotopic (exact) mass is 698 g/mol. The first kappa shape index (κ1) is 35.7. The summed E-state index contributed by atoms with van der Waals surface area (Å²) in [6, 6.07) is 24.6. The van der Waals surface area contributed by atoms with Crippen molar-refractivity contribution < 1.29 is 18.3 Å². The normalized spacial score (nSPS) is 13.6.